The van der Waals surface area contributed by atoms with Crippen molar-refractivity contribution in [2.24, 2.45) is 5.73 Å². The van der Waals surface area contributed by atoms with Crippen LogP contribution in [0.1, 0.15) is 5.56 Å². The number of rotatable bonds is 3. The van der Waals surface area contributed by atoms with E-state index in [0.717, 1.165) is 0 Å². The molecule has 0 saturated heterocycles. The standard InChI is InChI=1S/C13H9BrFNOS/c14-11-9(13(16)18)6-7-10(12(11)15)17-8-4-2-1-3-5-8/h1-7H,(H2,16,18). The van der Waals surface area contributed by atoms with E-state index in [2.05, 4.69) is 15.9 Å². The zero-order valence-electron chi connectivity index (χ0n) is 9.19. The first-order valence-electron chi connectivity index (χ1n) is 5.10. The molecule has 0 fully saturated rings. The lowest BCUT2D eigenvalue weighted by atomic mass is 10.2. The van der Waals surface area contributed by atoms with E-state index in [4.69, 9.17) is 22.7 Å². The molecule has 0 unspecified atom stereocenters. The van der Waals surface area contributed by atoms with Crippen molar-refractivity contribution in [1.82, 2.24) is 0 Å². The van der Waals surface area contributed by atoms with Crippen LogP contribution in [0.3, 0.4) is 0 Å². The zero-order valence-corrected chi connectivity index (χ0v) is 11.6. The number of thiocarbonyl (C=S) groups is 1. The SMILES string of the molecule is NC(=S)c1ccc(Oc2ccccc2)c(F)c1Br. The summed E-state index contributed by atoms with van der Waals surface area (Å²) in [6, 6.07) is 12.1. The maximum atomic E-state index is 14.0. The van der Waals surface area contributed by atoms with Crippen molar-refractivity contribution in [3.8, 4) is 11.5 Å². The molecule has 18 heavy (non-hydrogen) atoms. The van der Waals surface area contributed by atoms with Gasteiger partial charge in [-0.05, 0) is 40.2 Å². The van der Waals surface area contributed by atoms with Gasteiger partial charge in [-0.25, -0.2) is 4.39 Å². The van der Waals surface area contributed by atoms with E-state index in [1.54, 1.807) is 18.2 Å². The summed E-state index contributed by atoms with van der Waals surface area (Å²) in [5, 5.41) is 0. The van der Waals surface area contributed by atoms with Gasteiger partial charge in [-0.3, -0.25) is 0 Å². The summed E-state index contributed by atoms with van der Waals surface area (Å²) in [7, 11) is 0. The Morgan fingerprint density at radius 3 is 2.44 bits per heavy atom. The van der Waals surface area contributed by atoms with Gasteiger partial charge < -0.3 is 10.5 Å². The highest BCUT2D eigenvalue weighted by Crippen LogP contribution is 2.31. The smallest absolute Gasteiger partial charge is 0.180 e. The molecule has 2 aromatic rings. The number of hydrogen-bond donors (Lipinski definition) is 1. The zero-order chi connectivity index (χ0) is 13.1. The molecular weight excluding hydrogens is 317 g/mol. The van der Waals surface area contributed by atoms with E-state index in [-0.39, 0.29) is 15.2 Å². The molecule has 0 aliphatic carbocycles. The van der Waals surface area contributed by atoms with Gasteiger partial charge in [0, 0.05) is 5.56 Å². The third-order valence-corrected chi connectivity index (χ3v) is 3.28. The molecule has 2 N–H and O–H groups in total. The molecule has 0 atom stereocenters. The van der Waals surface area contributed by atoms with Gasteiger partial charge in [-0.2, -0.15) is 0 Å². The highest BCUT2D eigenvalue weighted by atomic mass is 79.9. The van der Waals surface area contributed by atoms with Crippen LogP contribution >= 0.6 is 28.1 Å². The number of nitrogens with two attached hydrogens (primary N) is 1. The van der Waals surface area contributed by atoms with Crippen LogP contribution in [0, 0.1) is 5.82 Å². The molecule has 0 heterocycles. The Morgan fingerprint density at radius 2 is 1.83 bits per heavy atom. The number of ether oxygens (including phenoxy) is 1. The van der Waals surface area contributed by atoms with Crippen LogP contribution in [0.15, 0.2) is 46.9 Å². The summed E-state index contributed by atoms with van der Waals surface area (Å²) >= 11 is 7.94. The fourth-order valence-corrected chi connectivity index (χ4v) is 2.26. The highest BCUT2D eigenvalue weighted by Gasteiger charge is 2.14. The Balaban J connectivity index is 2.36. The minimum absolute atomic E-state index is 0.119. The fraction of sp³-hybridized carbons (Fsp3) is 0. The second-order valence-corrected chi connectivity index (χ2v) is 4.75. The van der Waals surface area contributed by atoms with Gasteiger partial charge in [-0.15, -0.1) is 0 Å². The Kier molecular flexibility index (Phi) is 3.93. The van der Waals surface area contributed by atoms with Crippen molar-refractivity contribution >= 4 is 33.1 Å². The van der Waals surface area contributed by atoms with E-state index in [1.807, 2.05) is 18.2 Å². The van der Waals surface area contributed by atoms with Gasteiger partial charge in [0.25, 0.3) is 0 Å². The second kappa shape index (κ2) is 5.46. The maximum Gasteiger partial charge on any atom is 0.180 e. The van der Waals surface area contributed by atoms with Crippen molar-refractivity contribution in [2.45, 2.75) is 0 Å². The van der Waals surface area contributed by atoms with Crippen LogP contribution < -0.4 is 10.5 Å². The number of para-hydroxylation sites is 1. The molecule has 0 aliphatic rings. The van der Waals surface area contributed by atoms with Crippen molar-refractivity contribution in [1.29, 1.82) is 0 Å². The molecule has 0 bridgehead atoms. The largest absolute Gasteiger partial charge is 0.454 e. The summed E-state index contributed by atoms with van der Waals surface area (Å²) in [4.78, 5) is 0.132. The summed E-state index contributed by atoms with van der Waals surface area (Å²) in [6.45, 7) is 0. The molecule has 0 amide bonds. The van der Waals surface area contributed by atoms with Gasteiger partial charge in [0.1, 0.15) is 10.7 Å². The Morgan fingerprint density at radius 1 is 1.17 bits per heavy atom. The van der Waals surface area contributed by atoms with E-state index < -0.39 is 5.82 Å². The van der Waals surface area contributed by atoms with Crippen molar-refractivity contribution in [3.05, 3.63) is 58.3 Å². The molecule has 0 aliphatic heterocycles. The van der Waals surface area contributed by atoms with E-state index in [9.17, 15) is 4.39 Å². The topological polar surface area (TPSA) is 35.2 Å². The molecule has 0 radical (unpaired) electrons. The lowest BCUT2D eigenvalue weighted by Gasteiger charge is -2.10. The Bertz CT molecular complexity index is 589. The van der Waals surface area contributed by atoms with Crippen LogP contribution in [0.4, 0.5) is 4.39 Å². The lowest BCUT2D eigenvalue weighted by molar-refractivity contribution is 0.440. The first-order chi connectivity index (χ1) is 8.59. The van der Waals surface area contributed by atoms with E-state index in [1.165, 1.54) is 6.07 Å². The van der Waals surface area contributed by atoms with Crippen molar-refractivity contribution in [2.75, 3.05) is 0 Å². The first-order valence-corrected chi connectivity index (χ1v) is 6.30. The van der Waals surface area contributed by atoms with Crippen LogP contribution in [0.5, 0.6) is 11.5 Å². The van der Waals surface area contributed by atoms with Gasteiger partial charge in [-0.1, -0.05) is 30.4 Å². The summed E-state index contributed by atoms with van der Waals surface area (Å²) in [5.41, 5.74) is 5.93. The molecule has 0 saturated carbocycles. The minimum atomic E-state index is -0.524. The molecular formula is C13H9BrFNOS. The van der Waals surface area contributed by atoms with Gasteiger partial charge >= 0.3 is 0 Å². The van der Waals surface area contributed by atoms with Gasteiger partial charge in [0.05, 0.1) is 4.47 Å². The lowest BCUT2D eigenvalue weighted by Crippen LogP contribution is -2.11. The Labute approximate surface area is 118 Å². The van der Waals surface area contributed by atoms with Crippen molar-refractivity contribution < 1.29 is 9.13 Å². The quantitative estimate of drug-likeness (QED) is 0.866. The predicted octanol–water partition coefficient (Wildman–Crippen LogP) is 4.01. The molecule has 2 rings (SSSR count). The minimum Gasteiger partial charge on any atom is -0.454 e. The van der Waals surface area contributed by atoms with Gasteiger partial charge in [0.15, 0.2) is 11.6 Å². The molecule has 2 nitrogen and oxygen atoms in total. The Hall–Kier alpha value is -1.46. The summed E-state index contributed by atoms with van der Waals surface area (Å²) in [6.07, 6.45) is 0. The third kappa shape index (κ3) is 2.68. The predicted molar refractivity (Wildman–Crippen MR) is 76.5 cm³/mol. The van der Waals surface area contributed by atoms with Crippen molar-refractivity contribution in [3.63, 3.8) is 0 Å². The monoisotopic (exact) mass is 325 g/mol. The summed E-state index contributed by atoms with van der Waals surface area (Å²) < 4.78 is 19.7. The third-order valence-electron chi connectivity index (χ3n) is 2.28. The average Bonchev–Trinajstić information content (AvgIpc) is 2.36. The van der Waals surface area contributed by atoms with Gasteiger partial charge in [0.2, 0.25) is 0 Å². The first kappa shape index (κ1) is 13.0. The average molecular weight is 326 g/mol. The molecule has 5 heteroatoms. The normalized spacial score (nSPS) is 10.1. The van der Waals surface area contributed by atoms with E-state index in [0.29, 0.717) is 11.3 Å². The van der Waals surface area contributed by atoms with Crippen LogP contribution in [-0.4, -0.2) is 4.99 Å². The maximum absolute atomic E-state index is 14.0. The molecule has 92 valence electrons. The highest BCUT2D eigenvalue weighted by molar-refractivity contribution is 9.10. The van der Waals surface area contributed by atoms with E-state index >= 15 is 0 Å². The fourth-order valence-electron chi connectivity index (χ4n) is 1.42. The number of halogens is 2. The molecule has 2 aromatic carbocycles. The number of hydrogen-bond acceptors (Lipinski definition) is 2. The van der Waals surface area contributed by atoms with Crippen LogP contribution in [-0.2, 0) is 0 Å². The number of benzene rings is 2. The van der Waals surface area contributed by atoms with Crippen LogP contribution in [0.2, 0.25) is 0 Å². The molecule has 0 spiro atoms. The van der Waals surface area contributed by atoms with Crippen LogP contribution in [0.25, 0.3) is 0 Å². The summed E-state index contributed by atoms with van der Waals surface area (Å²) in [5.74, 6) is 0.156. The second-order valence-electron chi connectivity index (χ2n) is 3.52. The molecule has 0 aromatic heterocycles.